The molecule has 0 unspecified atom stereocenters. The second-order valence-corrected chi connectivity index (χ2v) is 6.00. The molecular formula is C16H20ClN3. The molecule has 2 heterocycles. The van der Waals surface area contributed by atoms with E-state index in [1.165, 1.54) is 23.9 Å². The molecule has 20 heavy (non-hydrogen) atoms. The molecule has 1 aromatic carbocycles. The van der Waals surface area contributed by atoms with Crippen molar-refractivity contribution in [2.75, 3.05) is 31.6 Å². The lowest BCUT2D eigenvalue weighted by Gasteiger charge is -2.29. The number of benzene rings is 1. The van der Waals surface area contributed by atoms with Gasteiger partial charge in [0, 0.05) is 35.9 Å². The minimum atomic E-state index is 0.739. The van der Waals surface area contributed by atoms with Gasteiger partial charge in [-0.25, -0.2) is 0 Å². The third-order valence-corrected chi connectivity index (χ3v) is 4.32. The molecule has 1 fully saturated rings. The van der Waals surface area contributed by atoms with Gasteiger partial charge in [0.1, 0.15) is 0 Å². The van der Waals surface area contributed by atoms with E-state index in [1.54, 1.807) is 0 Å². The number of pyridine rings is 1. The number of aromatic nitrogens is 1. The second kappa shape index (κ2) is 5.98. The van der Waals surface area contributed by atoms with Crippen molar-refractivity contribution in [3.05, 3.63) is 35.5 Å². The lowest BCUT2D eigenvalue weighted by Crippen LogP contribution is -2.34. The first-order valence-electron chi connectivity index (χ1n) is 7.20. The SMILES string of the molecule is CN(CC1CCNCC1)c1ccnc2cc(Cl)ccc12. The van der Waals surface area contributed by atoms with Crippen LogP contribution in [0.3, 0.4) is 0 Å². The number of hydrogen-bond acceptors (Lipinski definition) is 3. The molecule has 2 aromatic rings. The number of anilines is 1. The van der Waals surface area contributed by atoms with Gasteiger partial charge in [-0.05, 0) is 56.1 Å². The summed E-state index contributed by atoms with van der Waals surface area (Å²) in [6.07, 6.45) is 4.39. The predicted octanol–water partition coefficient (Wildman–Crippen LogP) is 3.32. The van der Waals surface area contributed by atoms with Crippen LogP contribution in [0.25, 0.3) is 10.9 Å². The van der Waals surface area contributed by atoms with Crippen LogP contribution in [-0.2, 0) is 0 Å². The Kier molecular flexibility index (Phi) is 4.08. The Morgan fingerprint density at radius 2 is 2.10 bits per heavy atom. The molecule has 1 aliphatic rings. The first-order chi connectivity index (χ1) is 9.74. The van der Waals surface area contributed by atoms with E-state index in [4.69, 9.17) is 11.6 Å². The zero-order valence-corrected chi connectivity index (χ0v) is 12.5. The van der Waals surface area contributed by atoms with Crippen molar-refractivity contribution in [1.29, 1.82) is 0 Å². The fourth-order valence-corrected chi connectivity index (χ4v) is 3.16. The zero-order valence-electron chi connectivity index (χ0n) is 11.8. The first-order valence-corrected chi connectivity index (χ1v) is 7.58. The molecule has 1 aromatic heterocycles. The van der Waals surface area contributed by atoms with Crippen molar-refractivity contribution in [2.45, 2.75) is 12.8 Å². The van der Waals surface area contributed by atoms with E-state index in [0.717, 1.165) is 36.1 Å². The number of nitrogens with one attached hydrogen (secondary N) is 1. The van der Waals surface area contributed by atoms with Crippen molar-refractivity contribution in [1.82, 2.24) is 10.3 Å². The Hall–Kier alpha value is -1.32. The van der Waals surface area contributed by atoms with Gasteiger partial charge in [0.2, 0.25) is 0 Å². The molecule has 0 amide bonds. The van der Waals surface area contributed by atoms with Crippen molar-refractivity contribution in [3.8, 4) is 0 Å². The van der Waals surface area contributed by atoms with Gasteiger partial charge in [-0.3, -0.25) is 4.98 Å². The fourth-order valence-electron chi connectivity index (χ4n) is 2.99. The normalized spacial score (nSPS) is 16.5. The highest BCUT2D eigenvalue weighted by Gasteiger charge is 2.16. The predicted molar refractivity (Wildman–Crippen MR) is 85.6 cm³/mol. The second-order valence-electron chi connectivity index (χ2n) is 5.57. The van der Waals surface area contributed by atoms with Crippen LogP contribution in [0.5, 0.6) is 0 Å². The minimum Gasteiger partial charge on any atom is -0.374 e. The molecule has 1 aliphatic heterocycles. The average molecular weight is 290 g/mol. The van der Waals surface area contributed by atoms with Gasteiger partial charge >= 0.3 is 0 Å². The van der Waals surface area contributed by atoms with Gasteiger partial charge in [0.15, 0.2) is 0 Å². The van der Waals surface area contributed by atoms with Crippen LogP contribution in [0.2, 0.25) is 5.02 Å². The summed E-state index contributed by atoms with van der Waals surface area (Å²) >= 11 is 6.05. The molecular weight excluding hydrogens is 270 g/mol. The molecule has 0 saturated carbocycles. The maximum atomic E-state index is 6.05. The largest absolute Gasteiger partial charge is 0.374 e. The number of hydrogen-bond donors (Lipinski definition) is 1. The monoisotopic (exact) mass is 289 g/mol. The molecule has 3 nitrogen and oxygen atoms in total. The van der Waals surface area contributed by atoms with Crippen LogP contribution in [-0.4, -0.2) is 31.7 Å². The quantitative estimate of drug-likeness (QED) is 0.939. The zero-order chi connectivity index (χ0) is 13.9. The lowest BCUT2D eigenvalue weighted by atomic mass is 9.97. The summed E-state index contributed by atoms with van der Waals surface area (Å²) in [6.45, 7) is 3.39. The Balaban J connectivity index is 1.85. The molecule has 1 N–H and O–H groups in total. The van der Waals surface area contributed by atoms with Crippen LogP contribution >= 0.6 is 11.6 Å². The molecule has 0 spiro atoms. The molecule has 0 aliphatic carbocycles. The Morgan fingerprint density at radius 3 is 2.90 bits per heavy atom. The van der Waals surface area contributed by atoms with Crippen LogP contribution in [0.15, 0.2) is 30.5 Å². The average Bonchev–Trinajstić information content (AvgIpc) is 2.47. The van der Waals surface area contributed by atoms with Gasteiger partial charge in [-0.15, -0.1) is 0 Å². The fraction of sp³-hybridized carbons (Fsp3) is 0.438. The van der Waals surface area contributed by atoms with Crippen LogP contribution in [0.4, 0.5) is 5.69 Å². The van der Waals surface area contributed by atoms with Gasteiger partial charge < -0.3 is 10.2 Å². The molecule has 0 atom stereocenters. The number of piperidine rings is 1. The van der Waals surface area contributed by atoms with Gasteiger partial charge in [-0.1, -0.05) is 11.6 Å². The summed E-state index contributed by atoms with van der Waals surface area (Å²) in [5.74, 6) is 0.775. The van der Waals surface area contributed by atoms with E-state index < -0.39 is 0 Å². The maximum absolute atomic E-state index is 6.05. The van der Waals surface area contributed by atoms with E-state index in [9.17, 15) is 0 Å². The highest BCUT2D eigenvalue weighted by molar-refractivity contribution is 6.31. The van der Waals surface area contributed by atoms with Gasteiger partial charge in [0.25, 0.3) is 0 Å². The number of nitrogens with zero attached hydrogens (tertiary/aromatic N) is 2. The van der Waals surface area contributed by atoms with Crippen LogP contribution < -0.4 is 10.2 Å². The van der Waals surface area contributed by atoms with E-state index in [-0.39, 0.29) is 0 Å². The van der Waals surface area contributed by atoms with Crippen molar-refractivity contribution >= 4 is 28.2 Å². The van der Waals surface area contributed by atoms with E-state index in [1.807, 2.05) is 18.3 Å². The van der Waals surface area contributed by atoms with Gasteiger partial charge in [-0.2, -0.15) is 0 Å². The lowest BCUT2D eigenvalue weighted by molar-refractivity contribution is 0.378. The minimum absolute atomic E-state index is 0.739. The molecule has 3 rings (SSSR count). The highest BCUT2D eigenvalue weighted by atomic mass is 35.5. The van der Waals surface area contributed by atoms with Crippen LogP contribution in [0.1, 0.15) is 12.8 Å². The van der Waals surface area contributed by atoms with Crippen molar-refractivity contribution in [2.24, 2.45) is 5.92 Å². The Bertz CT molecular complexity index is 593. The summed E-state index contributed by atoms with van der Waals surface area (Å²) in [6, 6.07) is 8.03. The third kappa shape index (κ3) is 2.89. The topological polar surface area (TPSA) is 28.2 Å². The number of fused-ring (bicyclic) bond motifs is 1. The smallest absolute Gasteiger partial charge is 0.0737 e. The standard InChI is InChI=1S/C16H20ClN3/c1-20(11-12-4-7-18-8-5-12)16-6-9-19-15-10-13(17)2-3-14(15)16/h2-3,6,9-10,12,18H,4-5,7-8,11H2,1H3. The van der Waals surface area contributed by atoms with E-state index in [0.29, 0.717) is 0 Å². The third-order valence-electron chi connectivity index (χ3n) is 4.08. The summed E-state index contributed by atoms with van der Waals surface area (Å²) < 4.78 is 0. The number of halogens is 1. The summed E-state index contributed by atoms with van der Waals surface area (Å²) in [7, 11) is 2.17. The van der Waals surface area contributed by atoms with E-state index >= 15 is 0 Å². The molecule has 0 bridgehead atoms. The Labute approximate surface area is 124 Å². The van der Waals surface area contributed by atoms with Gasteiger partial charge in [0.05, 0.1) is 5.52 Å². The maximum Gasteiger partial charge on any atom is 0.0737 e. The first kappa shape index (κ1) is 13.7. The molecule has 4 heteroatoms. The Morgan fingerprint density at radius 1 is 1.30 bits per heavy atom. The molecule has 106 valence electrons. The van der Waals surface area contributed by atoms with Crippen molar-refractivity contribution in [3.63, 3.8) is 0 Å². The molecule has 1 saturated heterocycles. The van der Waals surface area contributed by atoms with Crippen LogP contribution in [0, 0.1) is 5.92 Å². The highest BCUT2D eigenvalue weighted by Crippen LogP contribution is 2.28. The molecule has 0 radical (unpaired) electrons. The summed E-state index contributed by atoms with van der Waals surface area (Å²) in [5.41, 5.74) is 2.21. The van der Waals surface area contributed by atoms with Crippen molar-refractivity contribution < 1.29 is 0 Å². The van der Waals surface area contributed by atoms with E-state index in [2.05, 4.69) is 34.4 Å². The summed E-state index contributed by atoms with van der Waals surface area (Å²) in [4.78, 5) is 6.77. The number of rotatable bonds is 3. The summed E-state index contributed by atoms with van der Waals surface area (Å²) in [5, 5.41) is 5.33.